The zero-order valence-corrected chi connectivity index (χ0v) is 12.0. The van der Waals surface area contributed by atoms with Crippen LogP contribution in [0.25, 0.3) is 0 Å². The van der Waals surface area contributed by atoms with Gasteiger partial charge in [-0.2, -0.15) is 0 Å². The highest BCUT2D eigenvalue weighted by atomic mass is 16.5. The van der Waals surface area contributed by atoms with Crippen molar-refractivity contribution in [2.75, 3.05) is 32.1 Å². The minimum absolute atomic E-state index is 0.0398. The van der Waals surface area contributed by atoms with Crippen LogP contribution >= 0.6 is 0 Å². The number of carbonyl (C=O) groups excluding carboxylic acids is 1. The van der Waals surface area contributed by atoms with E-state index in [2.05, 4.69) is 30.5 Å². The Kier molecular flexibility index (Phi) is 7.15. The second kappa shape index (κ2) is 8.67. The first-order valence-corrected chi connectivity index (χ1v) is 6.73. The van der Waals surface area contributed by atoms with Crippen LogP contribution in [-0.4, -0.2) is 32.7 Å². The van der Waals surface area contributed by atoms with Crippen molar-refractivity contribution in [3.8, 4) is 0 Å². The second-order valence-electron chi connectivity index (χ2n) is 4.78. The van der Waals surface area contributed by atoms with E-state index in [1.165, 1.54) is 5.56 Å². The monoisotopic (exact) mass is 264 g/mol. The predicted octanol–water partition coefficient (Wildman–Crippen LogP) is 2.37. The summed E-state index contributed by atoms with van der Waals surface area (Å²) in [6, 6.07) is 7.94. The summed E-state index contributed by atoms with van der Waals surface area (Å²) in [6.45, 7) is 6.35. The molecule has 1 rings (SSSR count). The third-order valence-electron chi connectivity index (χ3n) is 2.87. The molecule has 19 heavy (non-hydrogen) atoms. The maximum absolute atomic E-state index is 11.8. The first-order valence-electron chi connectivity index (χ1n) is 6.73. The minimum Gasteiger partial charge on any atom is -0.383 e. The molecule has 0 heterocycles. The van der Waals surface area contributed by atoms with Gasteiger partial charge in [-0.25, -0.2) is 0 Å². The van der Waals surface area contributed by atoms with Gasteiger partial charge in [-0.05, 0) is 17.5 Å². The van der Waals surface area contributed by atoms with Crippen LogP contribution in [-0.2, 0) is 9.53 Å². The van der Waals surface area contributed by atoms with Gasteiger partial charge in [0.2, 0.25) is 5.91 Å². The number of rotatable bonds is 8. The maximum atomic E-state index is 11.8. The van der Waals surface area contributed by atoms with Gasteiger partial charge in [-0.3, -0.25) is 4.79 Å². The van der Waals surface area contributed by atoms with Crippen molar-refractivity contribution in [2.24, 2.45) is 0 Å². The Hall–Kier alpha value is -1.39. The van der Waals surface area contributed by atoms with Crippen LogP contribution in [0, 0.1) is 0 Å². The van der Waals surface area contributed by atoms with E-state index in [0.29, 0.717) is 25.5 Å². The van der Waals surface area contributed by atoms with Gasteiger partial charge in [0, 0.05) is 32.3 Å². The van der Waals surface area contributed by atoms with E-state index >= 15 is 0 Å². The fourth-order valence-corrected chi connectivity index (χ4v) is 1.83. The Labute approximate surface area is 115 Å². The van der Waals surface area contributed by atoms with E-state index in [4.69, 9.17) is 4.74 Å². The molecule has 0 spiro atoms. The summed E-state index contributed by atoms with van der Waals surface area (Å²) >= 11 is 0. The van der Waals surface area contributed by atoms with Gasteiger partial charge in [-0.1, -0.05) is 32.0 Å². The number of para-hydroxylation sites is 1. The zero-order chi connectivity index (χ0) is 14.1. The number of hydrogen-bond donors (Lipinski definition) is 2. The average molecular weight is 264 g/mol. The predicted molar refractivity (Wildman–Crippen MR) is 78.5 cm³/mol. The fourth-order valence-electron chi connectivity index (χ4n) is 1.83. The molecule has 0 saturated heterocycles. The summed E-state index contributed by atoms with van der Waals surface area (Å²) in [5.74, 6) is 0.439. The van der Waals surface area contributed by atoms with Crippen LogP contribution in [0.2, 0.25) is 0 Å². The topological polar surface area (TPSA) is 50.4 Å². The molecular formula is C15H24N2O2. The van der Waals surface area contributed by atoms with E-state index in [1.807, 2.05) is 18.2 Å². The number of nitrogens with one attached hydrogen (secondary N) is 2. The highest BCUT2D eigenvalue weighted by Crippen LogP contribution is 2.23. The summed E-state index contributed by atoms with van der Waals surface area (Å²) in [5, 5.41) is 6.13. The third kappa shape index (κ3) is 5.85. The van der Waals surface area contributed by atoms with Gasteiger partial charge in [0.1, 0.15) is 0 Å². The lowest BCUT2D eigenvalue weighted by Crippen LogP contribution is -2.24. The molecule has 106 valence electrons. The zero-order valence-electron chi connectivity index (χ0n) is 12.0. The van der Waals surface area contributed by atoms with E-state index in [1.54, 1.807) is 7.11 Å². The minimum atomic E-state index is 0.0398. The molecule has 1 aromatic rings. The summed E-state index contributed by atoms with van der Waals surface area (Å²) in [6.07, 6.45) is 0.468. The average Bonchev–Trinajstić information content (AvgIpc) is 2.39. The van der Waals surface area contributed by atoms with Crippen LogP contribution in [0.3, 0.4) is 0 Å². The van der Waals surface area contributed by atoms with Gasteiger partial charge in [-0.15, -0.1) is 0 Å². The normalized spacial score (nSPS) is 10.7. The van der Waals surface area contributed by atoms with Gasteiger partial charge in [0.15, 0.2) is 0 Å². The molecule has 0 radical (unpaired) electrons. The van der Waals surface area contributed by atoms with Crippen molar-refractivity contribution >= 4 is 11.6 Å². The maximum Gasteiger partial charge on any atom is 0.225 e. The molecule has 0 atom stereocenters. The summed E-state index contributed by atoms with van der Waals surface area (Å²) in [5.41, 5.74) is 2.09. The van der Waals surface area contributed by atoms with Crippen molar-refractivity contribution in [3.05, 3.63) is 29.8 Å². The molecule has 0 fully saturated rings. The summed E-state index contributed by atoms with van der Waals surface area (Å²) in [7, 11) is 1.66. The van der Waals surface area contributed by atoms with E-state index < -0.39 is 0 Å². The van der Waals surface area contributed by atoms with Gasteiger partial charge < -0.3 is 15.4 Å². The molecule has 0 bridgehead atoms. The molecule has 4 heteroatoms. The first kappa shape index (κ1) is 15.7. The van der Waals surface area contributed by atoms with E-state index in [9.17, 15) is 4.79 Å². The molecule has 1 amide bonds. The van der Waals surface area contributed by atoms with Crippen LogP contribution in [0.5, 0.6) is 0 Å². The fraction of sp³-hybridized carbons (Fsp3) is 0.533. The number of carbonyl (C=O) groups is 1. The Bertz CT molecular complexity index is 391. The van der Waals surface area contributed by atoms with E-state index in [0.717, 1.165) is 12.2 Å². The first-order chi connectivity index (χ1) is 9.15. The Morgan fingerprint density at radius 3 is 2.68 bits per heavy atom. The highest BCUT2D eigenvalue weighted by Gasteiger charge is 2.08. The number of amides is 1. The quantitative estimate of drug-likeness (QED) is 0.709. The lowest BCUT2D eigenvalue weighted by molar-refractivity contribution is -0.116. The molecule has 0 aliphatic rings. The molecule has 0 aromatic heterocycles. The number of methoxy groups -OCH3 is 1. The van der Waals surface area contributed by atoms with Crippen molar-refractivity contribution in [1.82, 2.24) is 5.32 Å². The lowest BCUT2D eigenvalue weighted by Gasteiger charge is -2.13. The van der Waals surface area contributed by atoms with Crippen molar-refractivity contribution in [3.63, 3.8) is 0 Å². The van der Waals surface area contributed by atoms with Crippen LogP contribution in [0.4, 0.5) is 5.69 Å². The number of anilines is 1. The van der Waals surface area contributed by atoms with Crippen molar-refractivity contribution in [2.45, 2.75) is 26.2 Å². The van der Waals surface area contributed by atoms with Crippen molar-refractivity contribution in [1.29, 1.82) is 0 Å². The molecule has 0 unspecified atom stereocenters. The number of hydrogen-bond acceptors (Lipinski definition) is 3. The van der Waals surface area contributed by atoms with Crippen LogP contribution < -0.4 is 10.6 Å². The van der Waals surface area contributed by atoms with Gasteiger partial charge in [0.05, 0.1) is 6.61 Å². The van der Waals surface area contributed by atoms with Crippen LogP contribution in [0.1, 0.15) is 31.7 Å². The Balaban J connectivity index is 2.40. The van der Waals surface area contributed by atoms with E-state index in [-0.39, 0.29) is 5.91 Å². The third-order valence-corrected chi connectivity index (χ3v) is 2.87. The summed E-state index contributed by atoms with van der Waals surface area (Å²) in [4.78, 5) is 11.8. The highest BCUT2D eigenvalue weighted by molar-refractivity contribution is 5.91. The largest absolute Gasteiger partial charge is 0.383 e. The smallest absolute Gasteiger partial charge is 0.225 e. The Morgan fingerprint density at radius 2 is 2.00 bits per heavy atom. The molecule has 2 N–H and O–H groups in total. The SMILES string of the molecule is COCCNCCC(=O)Nc1ccccc1C(C)C. The standard InChI is InChI=1S/C15H24N2O2/c1-12(2)13-6-4-5-7-14(13)17-15(18)8-9-16-10-11-19-3/h4-7,12,16H,8-11H2,1-3H3,(H,17,18). The molecular weight excluding hydrogens is 240 g/mol. The molecule has 0 aliphatic heterocycles. The van der Waals surface area contributed by atoms with Gasteiger partial charge in [0.25, 0.3) is 0 Å². The van der Waals surface area contributed by atoms with Crippen LogP contribution in [0.15, 0.2) is 24.3 Å². The van der Waals surface area contributed by atoms with Gasteiger partial charge >= 0.3 is 0 Å². The van der Waals surface area contributed by atoms with Crippen molar-refractivity contribution < 1.29 is 9.53 Å². The number of benzene rings is 1. The lowest BCUT2D eigenvalue weighted by atomic mass is 10.0. The number of ether oxygens (including phenoxy) is 1. The molecule has 0 saturated carbocycles. The molecule has 1 aromatic carbocycles. The summed E-state index contributed by atoms with van der Waals surface area (Å²) < 4.78 is 4.92. The molecule has 0 aliphatic carbocycles. The second-order valence-corrected chi connectivity index (χ2v) is 4.78. The Morgan fingerprint density at radius 1 is 1.26 bits per heavy atom. The molecule has 4 nitrogen and oxygen atoms in total.